The number of aliphatic carboxylic acids is 1. The van der Waals surface area contributed by atoms with E-state index in [2.05, 4.69) is 15.4 Å². The number of aromatic nitrogens is 3. The summed E-state index contributed by atoms with van der Waals surface area (Å²) in [5, 5.41) is 15.3. The fraction of sp³-hybridized carbons (Fsp3) is 0.600. The maximum Gasteiger partial charge on any atom is 0.308 e. The van der Waals surface area contributed by atoms with Crippen LogP contribution < -0.4 is 5.32 Å². The molecule has 1 aromatic rings. The van der Waals surface area contributed by atoms with Crippen molar-refractivity contribution in [2.75, 3.05) is 6.54 Å². The van der Waals surface area contributed by atoms with Gasteiger partial charge in [-0.15, -0.1) is 0 Å². The lowest BCUT2D eigenvalue weighted by Gasteiger charge is -2.16. The first-order chi connectivity index (χ1) is 8.00. The SMILES string of the molecule is CC(C)C(CNC(=O)Cn1cncn1)C(=O)O. The van der Waals surface area contributed by atoms with Crippen LogP contribution in [0, 0.1) is 11.8 Å². The summed E-state index contributed by atoms with van der Waals surface area (Å²) in [6.07, 6.45) is 2.76. The fourth-order valence-electron chi connectivity index (χ4n) is 1.35. The Morgan fingerprint density at radius 2 is 2.18 bits per heavy atom. The molecule has 1 amide bonds. The maximum atomic E-state index is 11.5. The van der Waals surface area contributed by atoms with Gasteiger partial charge in [0, 0.05) is 6.54 Å². The lowest BCUT2D eigenvalue weighted by molar-refractivity contribution is -0.143. The highest BCUT2D eigenvalue weighted by Gasteiger charge is 2.21. The van der Waals surface area contributed by atoms with E-state index in [-0.39, 0.29) is 24.9 Å². The standard InChI is InChI=1S/C10H16N4O3/c1-7(2)8(10(16)17)3-12-9(15)4-14-6-11-5-13-14/h5-8H,3-4H2,1-2H3,(H,12,15)(H,16,17). The first kappa shape index (κ1) is 13.1. The Bertz CT molecular complexity index is 375. The van der Waals surface area contributed by atoms with E-state index < -0.39 is 11.9 Å². The zero-order valence-electron chi connectivity index (χ0n) is 9.83. The van der Waals surface area contributed by atoms with Gasteiger partial charge in [-0.25, -0.2) is 9.67 Å². The molecule has 0 aliphatic rings. The number of carbonyl (C=O) groups excluding carboxylic acids is 1. The van der Waals surface area contributed by atoms with Crippen LogP contribution in [-0.2, 0) is 16.1 Å². The fourth-order valence-corrected chi connectivity index (χ4v) is 1.35. The van der Waals surface area contributed by atoms with Gasteiger partial charge in [0.2, 0.25) is 5.91 Å². The molecular weight excluding hydrogens is 224 g/mol. The molecule has 0 saturated heterocycles. The molecule has 7 heteroatoms. The first-order valence-corrected chi connectivity index (χ1v) is 5.32. The molecule has 0 saturated carbocycles. The Labute approximate surface area is 98.8 Å². The normalized spacial score (nSPS) is 12.4. The smallest absolute Gasteiger partial charge is 0.308 e. The lowest BCUT2D eigenvalue weighted by atomic mass is 9.96. The number of hydrogen-bond donors (Lipinski definition) is 2. The molecule has 0 bridgehead atoms. The van der Waals surface area contributed by atoms with Crippen molar-refractivity contribution in [3.8, 4) is 0 Å². The van der Waals surface area contributed by atoms with Gasteiger partial charge in [0.15, 0.2) is 0 Å². The minimum Gasteiger partial charge on any atom is -0.481 e. The van der Waals surface area contributed by atoms with E-state index in [4.69, 9.17) is 5.11 Å². The first-order valence-electron chi connectivity index (χ1n) is 5.32. The second-order valence-corrected chi connectivity index (χ2v) is 4.09. The van der Waals surface area contributed by atoms with Gasteiger partial charge >= 0.3 is 5.97 Å². The second kappa shape index (κ2) is 5.97. The number of nitrogens with one attached hydrogen (secondary N) is 1. The van der Waals surface area contributed by atoms with Crippen LogP contribution in [0.4, 0.5) is 0 Å². The van der Waals surface area contributed by atoms with E-state index in [1.165, 1.54) is 17.3 Å². The average Bonchev–Trinajstić information content (AvgIpc) is 2.69. The van der Waals surface area contributed by atoms with E-state index in [1.54, 1.807) is 0 Å². The molecule has 1 aromatic heterocycles. The van der Waals surface area contributed by atoms with Crippen LogP contribution in [0.3, 0.4) is 0 Å². The summed E-state index contributed by atoms with van der Waals surface area (Å²) in [5.41, 5.74) is 0. The number of carboxylic acids is 1. The third-order valence-corrected chi connectivity index (χ3v) is 2.41. The van der Waals surface area contributed by atoms with Crippen LogP contribution in [0.25, 0.3) is 0 Å². The molecular formula is C10H16N4O3. The zero-order chi connectivity index (χ0) is 12.8. The molecule has 0 spiro atoms. The number of nitrogens with zero attached hydrogens (tertiary/aromatic N) is 3. The summed E-state index contributed by atoms with van der Waals surface area (Å²) < 4.78 is 1.38. The van der Waals surface area contributed by atoms with E-state index in [1.807, 2.05) is 13.8 Å². The van der Waals surface area contributed by atoms with Crippen LogP contribution in [0.2, 0.25) is 0 Å². The summed E-state index contributed by atoms with van der Waals surface area (Å²) in [7, 11) is 0. The third kappa shape index (κ3) is 4.21. The van der Waals surface area contributed by atoms with Gasteiger partial charge in [-0.1, -0.05) is 13.8 Å². The summed E-state index contributed by atoms with van der Waals surface area (Å²) in [4.78, 5) is 26.1. The number of amides is 1. The van der Waals surface area contributed by atoms with Crippen molar-refractivity contribution in [2.24, 2.45) is 11.8 Å². The van der Waals surface area contributed by atoms with E-state index in [0.29, 0.717) is 0 Å². The molecule has 1 unspecified atom stereocenters. The summed E-state index contributed by atoms with van der Waals surface area (Å²) in [5.74, 6) is -1.78. The highest BCUT2D eigenvalue weighted by molar-refractivity contribution is 5.77. The summed E-state index contributed by atoms with van der Waals surface area (Å²) in [6, 6.07) is 0. The molecule has 0 aliphatic carbocycles. The van der Waals surface area contributed by atoms with Gasteiger partial charge in [0.05, 0.1) is 5.92 Å². The molecule has 2 N–H and O–H groups in total. The number of hydrogen-bond acceptors (Lipinski definition) is 4. The van der Waals surface area contributed by atoms with Gasteiger partial charge in [0.1, 0.15) is 19.2 Å². The van der Waals surface area contributed by atoms with Gasteiger partial charge in [-0.3, -0.25) is 9.59 Å². The summed E-state index contributed by atoms with van der Waals surface area (Å²) >= 11 is 0. The molecule has 7 nitrogen and oxygen atoms in total. The predicted molar refractivity (Wildman–Crippen MR) is 59.0 cm³/mol. The molecule has 17 heavy (non-hydrogen) atoms. The number of carboxylic acid groups (broad SMARTS) is 1. The molecule has 0 fully saturated rings. The predicted octanol–water partition coefficient (Wildman–Crippen LogP) is -0.249. The van der Waals surface area contributed by atoms with Crippen LogP contribution >= 0.6 is 0 Å². The third-order valence-electron chi connectivity index (χ3n) is 2.41. The van der Waals surface area contributed by atoms with E-state index >= 15 is 0 Å². The van der Waals surface area contributed by atoms with Crippen LogP contribution in [0.15, 0.2) is 12.7 Å². The highest BCUT2D eigenvalue weighted by Crippen LogP contribution is 2.09. The van der Waals surface area contributed by atoms with Crippen LogP contribution in [0.1, 0.15) is 13.8 Å². The van der Waals surface area contributed by atoms with Crippen molar-refractivity contribution in [1.82, 2.24) is 20.1 Å². The van der Waals surface area contributed by atoms with Crippen LogP contribution in [-0.4, -0.2) is 38.3 Å². The zero-order valence-corrected chi connectivity index (χ0v) is 9.83. The maximum absolute atomic E-state index is 11.5. The molecule has 1 atom stereocenters. The minimum absolute atomic E-state index is 0.0285. The van der Waals surface area contributed by atoms with Gasteiger partial charge in [-0.05, 0) is 5.92 Å². The molecule has 0 aliphatic heterocycles. The molecule has 1 rings (SSSR count). The van der Waals surface area contributed by atoms with Gasteiger partial charge in [-0.2, -0.15) is 5.10 Å². The van der Waals surface area contributed by atoms with Crippen molar-refractivity contribution >= 4 is 11.9 Å². The van der Waals surface area contributed by atoms with Crippen molar-refractivity contribution < 1.29 is 14.7 Å². The van der Waals surface area contributed by atoms with Crippen molar-refractivity contribution in [3.05, 3.63) is 12.7 Å². The summed E-state index contributed by atoms with van der Waals surface area (Å²) in [6.45, 7) is 3.79. The van der Waals surface area contributed by atoms with Crippen LogP contribution in [0.5, 0.6) is 0 Å². The van der Waals surface area contributed by atoms with E-state index in [9.17, 15) is 9.59 Å². The highest BCUT2D eigenvalue weighted by atomic mass is 16.4. The topological polar surface area (TPSA) is 97.1 Å². The second-order valence-electron chi connectivity index (χ2n) is 4.09. The largest absolute Gasteiger partial charge is 0.481 e. The Morgan fingerprint density at radius 3 is 2.65 bits per heavy atom. The Balaban J connectivity index is 2.39. The molecule has 1 heterocycles. The molecule has 0 aromatic carbocycles. The lowest BCUT2D eigenvalue weighted by Crippen LogP contribution is -2.37. The van der Waals surface area contributed by atoms with Crippen molar-refractivity contribution in [1.29, 1.82) is 0 Å². The average molecular weight is 240 g/mol. The Morgan fingerprint density at radius 1 is 1.47 bits per heavy atom. The van der Waals surface area contributed by atoms with Gasteiger partial charge < -0.3 is 10.4 Å². The monoisotopic (exact) mass is 240 g/mol. The molecule has 0 radical (unpaired) electrons. The van der Waals surface area contributed by atoms with Gasteiger partial charge in [0.25, 0.3) is 0 Å². The quantitative estimate of drug-likeness (QED) is 0.714. The number of rotatable bonds is 6. The Kier molecular flexibility index (Phi) is 4.62. The minimum atomic E-state index is -0.902. The van der Waals surface area contributed by atoms with Crippen molar-refractivity contribution in [3.63, 3.8) is 0 Å². The number of carbonyl (C=O) groups is 2. The van der Waals surface area contributed by atoms with Crippen molar-refractivity contribution in [2.45, 2.75) is 20.4 Å². The van der Waals surface area contributed by atoms with E-state index in [0.717, 1.165) is 0 Å². The molecule has 94 valence electrons. The Hall–Kier alpha value is -1.92.